The molecule has 5 nitrogen and oxygen atoms in total. The molecule has 0 aromatic carbocycles. The van der Waals surface area contributed by atoms with E-state index in [0.717, 1.165) is 32.1 Å². The number of guanidine groups is 1. The molecule has 144 valence electrons. The monoisotopic (exact) mass is 461 g/mol. The first-order chi connectivity index (χ1) is 11.4. The second-order valence-electron chi connectivity index (χ2n) is 8.13. The Labute approximate surface area is 170 Å². The first kappa shape index (κ1) is 22.3. The Morgan fingerprint density at radius 1 is 1.36 bits per heavy atom. The summed E-state index contributed by atoms with van der Waals surface area (Å²) in [6, 6.07) is 0. The summed E-state index contributed by atoms with van der Waals surface area (Å²) >= 11 is 0. The van der Waals surface area contributed by atoms with Crippen molar-refractivity contribution >= 4 is 29.9 Å². The molecule has 25 heavy (non-hydrogen) atoms. The van der Waals surface area contributed by atoms with Crippen molar-refractivity contribution < 1.29 is 0 Å². The fraction of sp³-hybridized carbons (Fsp3) is 0.789. The molecule has 1 aliphatic rings. The van der Waals surface area contributed by atoms with E-state index in [1.165, 1.54) is 31.2 Å². The molecule has 1 aromatic heterocycles. The van der Waals surface area contributed by atoms with E-state index in [0.29, 0.717) is 11.3 Å². The predicted molar refractivity (Wildman–Crippen MR) is 117 cm³/mol. The van der Waals surface area contributed by atoms with E-state index in [4.69, 9.17) is 4.99 Å². The highest BCUT2D eigenvalue weighted by Crippen LogP contribution is 2.26. The Hall–Kier alpha value is -0.790. The molecule has 1 N–H and O–H groups in total. The maximum atomic E-state index is 4.86. The lowest BCUT2D eigenvalue weighted by molar-refractivity contribution is 0.361. The molecule has 0 spiro atoms. The van der Waals surface area contributed by atoms with Gasteiger partial charge in [-0.2, -0.15) is 5.10 Å². The molecule has 1 atom stereocenters. The van der Waals surface area contributed by atoms with Crippen LogP contribution in [-0.2, 0) is 7.05 Å². The Morgan fingerprint density at radius 3 is 2.72 bits per heavy atom. The molecule has 0 bridgehead atoms. The van der Waals surface area contributed by atoms with Gasteiger partial charge in [0.2, 0.25) is 0 Å². The molecule has 0 saturated carbocycles. The van der Waals surface area contributed by atoms with Gasteiger partial charge in [-0.05, 0) is 37.2 Å². The van der Waals surface area contributed by atoms with Crippen LogP contribution in [0.15, 0.2) is 17.4 Å². The SMILES string of the molecule is CCNC(=NCCCCC(C)(C)C)N1CCC(c2cnn(C)c2)C1.I. The molecular weight excluding hydrogens is 425 g/mol. The Kier molecular flexibility index (Phi) is 9.24. The number of likely N-dealkylation sites (tertiary alicyclic amines) is 1. The van der Waals surface area contributed by atoms with Crippen molar-refractivity contribution in [2.45, 2.75) is 59.3 Å². The molecule has 6 heteroatoms. The largest absolute Gasteiger partial charge is 0.357 e. The summed E-state index contributed by atoms with van der Waals surface area (Å²) in [5, 5.41) is 7.77. The topological polar surface area (TPSA) is 45.5 Å². The van der Waals surface area contributed by atoms with Crippen LogP contribution < -0.4 is 5.32 Å². The third-order valence-electron chi connectivity index (χ3n) is 4.62. The summed E-state index contributed by atoms with van der Waals surface area (Å²) in [6.07, 6.45) is 9.03. The highest BCUT2D eigenvalue weighted by atomic mass is 127. The number of aliphatic imine (C=N–C) groups is 1. The second kappa shape index (κ2) is 10.4. The van der Waals surface area contributed by atoms with Crippen LogP contribution >= 0.6 is 24.0 Å². The maximum Gasteiger partial charge on any atom is 0.193 e. The first-order valence-electron chi connectivity index (χ1n) is 9.41. The van der Waals surface area contributed by atoms with Crippen LogP contribution in [0.4, 0.5) is 0 Å². The number of aromatic nitrogens is 2. The number of aryl methyl sites for hydroxylation is 1. The number of hydrogen-bond donors (Lipinski definition) is 1. The van der Waals surface area contributed by atoms with Crippen molar-refractivity contribution in [3.05, 3.63) is 18.0 Å². The molecule has 1 fully saturated rings. The van der Waals surface area contributed by atoms with Crippen LogP contribution in [0.1, 0.15) is 64.9 Å². The average molecular weight is 461 g/mol. The van der Waals surface area contributed by atoms with Crippen molar-refractivity contribution in [1.82, 2.24) is 20.0 Å². The lowest BCUT2D eigenvalue weighted by atomic mass is 9.90. The highest BCUT2D eigenvalue weighted by Gasteiger charge is 2.26. The van der Waals surface area contributed by atoms with E-state index in [9.17, 15) is 0 Å². The zero-order valence-corrected chi connectivity index (χ0v) is 18.9. The van der Waals surface area contributed by atoms with Gasteiger partial charge in [0.15, 0.2) is 5.96 Å². The van der Waals surface area contributed by atoms with Gasteiger partial charge in [-0.15, -0.1) is 24.0 Å². The predicted octanol–water partition coefficient (Wildman–Crippen LogP) is 4.01. The lowest BCUT2D eigenvalue weighted by Crippen LogP contribution is -2.40. The van der Waals surface area contributed by atoms with Crippen molar-refractivity contribution in [3.8, 4) is 0 Å². The quantitative estimate of drug-likeness (QED) is 0.302. The Bertz CT molecular complexity index is 532. The molecule has 1 aromatic rings. The summed E-state index contributed by atoms with van der Waals surface area (Å²) in [4.78, 5) is 7.27. The zero-order chi connectivity index (χ0) is 17.6. The number of hydrogen-bond acceptors (Lipinski definition) is 2. The van der Waals surface area contributed by atoms with Gasteiger partial charge in [-0.25, -0.2) is 0 Å². The van der Waals surface area contributed by atoms with Crippen LogP contribution in [0.2, 0.25) is 0 Å². The van der Waals surface area contributed by atoms with Gasteiger partial charge in [0.1, 0.15) is 0 Å². The minimum absolute atomic E-state index is 0. The van der Waals surface area contributed by atoms with Crippen molar-refractivity contribution in [3.63, 3.8) is 0 Å². The van der Waals surface area contributed by atoms with E-state index in [2.05, 4.69) is 49.2 Å². The van der Waals surface area contributed by atoms with Gasteiger partial charge in [0.25, 0.3) is 0 Å². The van der Waals surface area contributed by atoms with Crippen LogP contribution in [0.25, 0.3) is 0 Å². The van der Waals surface area contributed by atoms with E-state index in [-0.39, 0.29) is 24.0 Å². The smallest absolute Gasteiger partial charge is 0.193 e. The van der Waals surface area contributed by atoms with Gasteiger partial charge in [-0.1, -0.05) is 27.2 Å². The molecule has 1 unspecified atom stereocenters. The van der Waals surface area contributed by atoms with Gasteiger partial charge >= 0.3 is 0 Å². The summed E-state index contributed by atoms with van der Waals surface area (Å²) in [7, 11) is 1.99. The molecular formula is C19H36IN5. The average Bonchev–Trinajstić information content (AvgIpc) is 3.13. The van der Waals surface area contributed by atoms with Crippen LogP contribution in [-0.4, -0.2) is 46.8 Å². The molecule has 0 aliphatic carbocycles. The third kappa shape index (κ3) is 7.54. The Balaban J connectivity index is 0.00000312. The van der Waals surface area contributed by atoms with E-state index in [1.54, 1.807) is 0 Å². The molecule has 0 radical (unpaired) electrons. The minimum atomic E-state index is 0. The first-order valence-corrected chi connectivity index (χ1v) is 9.41. The summed E-state index contributed by atoms with van der Waals surface area (Å²) in [6.45, 7) is 13.0. The summed E-state index contributed by atoms with van der Waals surface area (Å²) in [5.74, 6) is 1.66. The fourth-order valence-corrected chi connectivity index (χ4v) is 3.25. The van der Waals surface area contributed by atoms with Crippen molar-refractivity contribution in [1.29, 1.82) is 0 Å². The molecule has 1 saturated heterocycles. The number of unbranched alkanes of at least 4 members (excludes halogenated alkanes) is 1. The third-order valence-corrected chi connectivity index (χ3v) is 4.62. The second-order valence-corrected chi connectivity index (χ2v) is 8.13. The maximum absolute atomic E-state index is 4.86. The molecule has 2 rings (SSSR count). The van der Waals surface area contributed by atoms with E-state index in [1.807, 2.05) is 17.9 Å². The van der Waals surface area contributed by atoms with E-state index < -0.39 is 0 Å². The van der Waals surface area contributed by atoms with Crippen LogP contribution in [0.3, 0.4) is 0 Å². The number of halogens is 1. The Morgan fingerprint density at radius 2 is 2.12 bits per heavy atom. The van der Waals surface area contributed by atoms with Crippen LogP contribution in [0.5, 0.6) is 0 Å². The lowest BCUT2D eigenvalue weighted by Gasteiger charge is -2.22. The van der Waals surface area contributed by atoms with E-state index >= 15 is 0 Å². The molecule has 1 aliphatic heterocycles. The molecule has 2 heterocycles. The minimum Gasteiger partial charge on any atom is -0.357 e. The standard InChI is InChI=1S/C19H35N5.HI/c1-6-20-18(21-11-8-7-10-19(2,3)4)24-12-9-16(15-24)17-13-22-23(5)14-17;/h13-14,16H,6-12,15H2,1-5H3,(H,20,21);1H. The van der Waals surface area contributed by atoms with Crippen molar-refractivity contribution in [2.24, 2.45) is 17.5 Å². The number of rotatable bonds is 6. The van der Waals surface area contributed by atoms with Gasteiger partial charge < -0.3 is 10.2 Å². The van der Waals surface area contributed by atoms with Gasteiger partial charge in [-0.3, -0.25) is 9.67 Å². The fourth-order valence-electron chi connectivity index (χ4n) is 3.25. The van der Waals surface area contributed by atoms with Gasteiger partial charge in [0, 0.05) is 45.3 Å². The highest BCUT2D eigenvalue weighted by molar-refractivity contribution is 14.0. The van der Waals surface area contributed by atoms with Crippen LogP contribution in [0, 0.1) is 5.41 Å². The summed E-state index contributed by atoms with van der Waals surface area (Å²) < 4.78 is 1.90. The number of nitrogens with zero attached hydrogens (tertiary/aromatic N) is 4. The zero-order valence-electron chi connectivity index (χ0n) is 16.6. The normalized spacial score (nSPS) is 18.4. The molecule has 0 amide bonds. The number of nitrogens with one attached hydrogen (secondary N) is 1. The summed E-state index contributed by atoms with van der Waals surface area (Å²) in [5.41, 5.74) is 1.78. The van der Waals surface area contributed by atoms with Gasteiger partial charge in [0.05, 0.1) is 6.20 Å². The van der Waals surface area contributed by atoms with Crippen molar-refractivity contribution in [2.75, 3.05) is 26.2 Å².